The predicted octanol–water partition coefficient (Wildman–Crippen LogP) is 0.941. The van der Waals surface area contributed by atoms with Crippen LogP contribution >= 0.6 is 0 Å². The van der Waals surface area contributed by atoms with Gasteiger partial charge < -0.3 is 16.0 Å². The lowest BCUT2D eigenvalue weighted by atomic mass is 9.74. The van der Waals surface area contributed by atoms with Gasteiger partial charge >= 0.3 is 0 Å². The Morgan fingerprint density at radius 3 is 2.75 bits per heavy atom. The average Bonchev–Trinajstić information content (AvgIpc) is 2.65. The molecule has 5 nitrogen and oxygen atoms in total. The Morgan fingerprint density at radius 1 is 1.30 bits per heavy atom. The number of carbonyl (C=O) groups is 2. The highest BCUT2D eigenvalue weighted by molar-refractivity contribution is 5.90. The van der Waals surface area contributed by atoms with Crippen molar-refractivity contribution in [3.8, 4) is 0 Å². The zero-order valence-corrected chi connectivity index (χ0v) is 12.5. The summed E-state index contributed by atoms with van der Waals surface area (Å²) >= 11 is 0. The topological polar surface area (TPSA) is 70.2 Å². The zero-order valence-electron chi connectivity index (χ0n) is 12.5. The molecule has 114 valence electrons. The molecule has 0 saturated carbocycles. The van der Waals surface area contributed by atoms with Crippen LogP contribution in [0.5, 0.6) is 0 Å². The van der Waals surface area contributed by atoms with Crippen molar-refractivity contribution in [3.05, 3.63) is 0 Å². The zero-order chi connectivity index (χ0) is 14.4. The maximum absolute atomic E-state index is 12.7. The first-order valence-corrected chi connectivity index (χ1v) is 7.97. The first kappa shape index (κ1) is 15.3. The molecule has 3 N–H and O–H groups in total. The summed E-state index contributed by atoms with van der Waals surface area (Å²) in [5.74, 6) is 0.0688. The summed E-state index contributed by atoms with van der Waals surface area (Å²) in [6.07, 6.45) is 6.42. The number of amides is 2. The van der Waals surface area contributed by atoms with Crippen molar-refractivity contribution in [2.24, 2.45) is 5.41 Å². The van der Waals surface area contributed by atoms with E-state index < -0.39 is 0 Å². The first-order valence-electron chi connectivity index (χ1n) is 7.97. The Labute approximate surface area is 121 Å². The van der Waals surface area contributed by atoms with Crippen molar-refractivity contribution >= 4 is 11.8 Å². The monoisotopic (exact) mass is 281 g/mol. The lowest BCUT2D eigenvalue weighted by molar-refractivity contribution is -0.137. The third-order valence-electron chi connectivity index (χ3n) is 4.61. The standard InChI is InChI=1S/C15H27N3O2/c1-2-6-15(7-10-16-11-8-15)14(20)18-12-5-3-4-9-17-13(12)19/h12,16H,2-11H2,1H3,(H,17,19)(H,18,20). The molecule has 1 atom stereocenters. The van der Waals surface area contributed by atoms with Crippen LogP contribution in [0.4, 0.5) is 0 Å². The first-order chi connectivity index (χ1) is 9.68. The van der Waals surface area contributed by atoms with Gasteiger partial charge in [0.15, 0.2) is 0 Å². The SMILES string of the molecule is CCCC1(C(=O)NC2CCCCNC2=O)CCNCC1. The minimum absolute atomic E-state index is 0.0172. The summed E-state index contributed by atoms with van der Waals surface area (Å²) in [4.78, 5) is 24.7. The van der Waals surface area contributed by atoms with E-state index in [0.717, 1.165) is 64.6 Å². The Morgan fingerprint density at radius 2 is 2.05 bits per heavy atom. The molecule has 2 aliphatic heterocycles. The van der Waals surface area contributed by atoms with Crippen molar-refractivity contribution < 1.29 is 9.59 Å². The minimum atomic E-state index is -0.339. The van der Waals surface area contributed by atoms with E-state index in [9.17, 15) is 9.59 Å². The van der Waals surface area contributed by atoms with Gasteiger partial charge in [0, 0.05) is 6.54 Å². The van der Waals surface area contributed by atoms with E-state index in [1.165, 1.54) is 0 Å². The molecule has 5 heteroatoms. The molecule has 2 heterocycles. The molecule has 0 aromatic carbocycles. The molecule has 1 unspecified atom stereocenters. The number of nitrogens with one attached hydrogen (secondary N) is 3. The van der Waals surface area contributed by atoms with Crippen LogP contribution in [0.2, 0.25) is 0 Å². The molecule has 2 aliphatic rings. The van der Waals surface area contributed by atoms with Crippen LogP contribution in [0.1, 0.15) is 51.9 Å². The van der Waals surface area contributed by atoms with Crippen LogP contribution in [0.3, 0.4) is 0 Å². The van der Waals surface area contributed by atoms with E-state index in [1.54, 1.807) is 0 Å². The second kappa shape index (κ2) is 7.07. The number of rotatable bonds is 4. The van der Waals surface area contributed by atoms with Gasteiger partial charge in [0.1, 0.15) is 6.04 Å². The Balaban J connectivity index is 2.01. The summed E-state index contributed by atoms with van der Waals surface area (Å²) in [7, 11) is 0. The number of hydrogen-bond donors (Lipinski definition) is 3. The smallest absolute Gasteiger partial charge is 0.242 e. The van der Waals surface area contributed by atoms with Crippen LogP contribution < -0.4 is 16.0 Å². The largest absolute Gasteiger partial charge is 0.354 e. The lowest BCUT2D eigenvalue weighted by Gasteiger charge is -2.37. The highest BCUT2D eigenvalue weighted by atomic mass is 16.2. The van der Waals surface area contributed by atoms with Gasteiger partial charge in [-0.15, -0.1) is 0 Å². The lowest BCUT2D eigenvalue weighted by Crippen LogP contribution is -2.53. The fourth-order valence-corrected chi connectivity index (χ4v) is 3.36. The molecule has 2 rings (SSSR count). The van der Waals surface area contributed by atoms with Crippen molar-refractivity contribution in [1.82, 2.24) is 16.0 Å². The van der Waals surface area contributed by atoms with E-state index in [4.69, 9.17) is 0 Å². The summed E-state index contributed by atoms with van der Waals surface area (Å²) in [5.41, 5.74) is -0.271. The quantitative estimate of drug-likeness (QED) is 0.718. The maximum Gasteiger partial charge on any atom is 0.242 e. The van der Waals surface area contributed by atoms with E-state index >= 15 is 0 Å². The summed E-state index contributed by atoms with van der Waals surface area (Å²) in [6, 6.07) is -0.339. The average molecular weight is 281 g/mol. The van der Waals surface area contributed by atoms with Crippen LogP contribution in [-0.4, -0.2) is 37.5 Å². The maximum atomic E-state index is 12.7. The Hall–Kier alpha value is -1.10. The minimum Gasteiger partial charge on any atom is -0.354 e. The summed E-state index contributed by atoms with van der Waals surface area (Å²) < 4.78 is 0. The third kappa shape index (κ3) is 3.51. The van der Waals surface area contributed by atoms with Crippen LogP contribution in [0.25, 0.3) is 0 Å². The highest BCUT2D eigenvalue weighted by Gasteiger charge is 2.40. The van der Waals surface area contributed by atoms with Gasteiger partial charge in [-0.1, -0.05) is 13.3 Å². The van der Waals surface area contributed by atoms with Gasteiger partial charge in [0.05, 0.1) is 5.41 Å². The molecule has 2 saturated heterocycles. The van der Waals surface area contributed by atoms with Gasteiger partial charge in [-0.25, -0.2) is 0 Å². The van der Waals surface area contributed by atoms with Crippen molar-refractivity contribution in [3.63, 3.8) is 0 Å². The van der Waals surface area contributed by atoms with Gasteiger partial charge in [-0.05, 0) is 51.6 Å². The Kier molecular flexibility index (Phi) is 5.40. The molecule has 0 spiro atoms. The van der Waals surface area contributed by atoms with Crippen molar-refractivity contribution in [1.29, 1.82) is 0 Å². The summed E-state index contributed by atoms with van der Waals surface area (Å²) in [6.45, 7) is 4.64. The molecular formula is C15H27N3O2. The predicted molar refractivity (Wildman–Crippen MR) is 78.2 cm³/mol. The molecule has 0 bridgehead atoms. The molecule has 2 fully saturated rings. The highest BCUT2D eigenvalue weighted by Crippen LogP contribution is 2.34. The van der Waals surface area contributed by atoms with Gasteiger partial charge in [-0.2, -0.15) is 0 Å². The molecule has 20 heavy (non-hydrogen) atoms. The molecule has 0 aromatic heterocycles. The van der Waals surface area contributed by atoms with Gasteiger partial charge in [0.2, 0.25) is 11.8 Å². The fraction of sp³-hybridized carbons (Fsp3) is 0.867. The number of piperidine rings is 1. The van der Waals surface area contributed by atoms with Crippen LogP contribution in [0, 0.1) is 5.41 Å². The second-order valence-corrected chi connectivity index (χ2v) is 6.09. The molecule has 0 aliphatic carbocycles. The summed E-state index contributed by atoms with van der Waals surface area (Å²) in [5, 5.41) is 9.22. The second-order valence-electron chi connectivity index (χ2n) is 6.09. The van der Waals surface area contributed by atoms with Gasteiger partial charge in [-0.3, -0.25) is 9.59 Å². The van der Waals surface area contributed by atoms with Gasteiger partial charge in [0.25, 0.3) is 0 Å². The van der Waals surface area contributed by atoms with Crippen molar-refractivity contribution in [2.45, 2.75) is 57.9 Å². The molecule has 0 aromatic rings. The molecule has 0 radical (unpaired) electrons. The normalized spacial score (nSPS) is 26.4. The third-order valence-corrected chi connectivity index (χ3v) is 4.61. The van der Waals surface area contributed by atoms with E-state index in [-0.39, 0.29) is 23.3 Å². The van der Waals surface area contributed by atoms with E-state index in [2.05, 4.69) is 22.9 Å². The molecule has 2 amide bonds. The van der Waals surface area contributed by atoms with Crippen molar-refractivity contribution in [2.75, 3.05) is 19.6 Å². The number of hydrogen-bond acceptors (Lipinski definition) is 3. The molecular weight excluding hydrogens is 254 g/mol. The fourth-order valence-electron chi connectivity index (χ4n) is 3.36. The van der Waals surface area contributed by atoms with Crippen LogP contribution in [-0.2, 0) is 9.59 Å². The Bertz CT molecular complexity index is 346. The van der Waals surface area contributed by atoms with E-state index in [1.807, 2.05) is 0 Å². The number of carbonyl (C=O) groups excluding carboxylic acids is 2. The van der Waals surface area contributed by atoms with E-state index in [0.29, 0.717) is 0 Å². The van der Waals surface area contributed by atoms with Crippen LogP contribution in [0.15, 0.2) is 0 Å².